The summed E-state index contributed by atoms with van der Waals surface area (Å²) < 4.78 is 26.8. The van der Waals surface area contributed by atoms with Crippen LogP contribution in [-0.4, -0.2) is 28.6 Å². The molecule has 118 valence electrons. The number of nitrogens with zero attached hydrogens (tertiary/aromatic N) is 1. The summed E-state index contributed by atoms with van der Waals surface area (Å²) in [5.41, 5.74) is 6.94. The first-order valence-corrected chi connectivity index (χ1v) is 8.89. The van der Waals surface area contributed by atoms with Crippen LogP contribution in [0.1, 0.15) is 32.6 Å². The highest BCUT2D eigenvalue weighted by Crippen LogP contribution is 2.33. The zero-order valence-electron chi connectivity index (χ0n) is 13.0. The van der Waals surface area contributed by atoms with Gasteiger partial charge in [-0.2, -0.15) is 0 Å². The SMILES string of the molecule is CNS(=O)(=O)c1cc(N)ccc1N(C)C1CCC(C)CC1. The molecule has 0 radical (unpaired) electrons. The molecule has 1 saturated carbocycles. The lowest BCUT2D eigenvalue weighted by molar-refractivity contribution is 0.340. The molecule has 6 heteroatoms. The number of anilines is 2. The van der Waals surface area contributed by atoms with Gasteiger partial charge in [-0.05, 0) is 56.8 Å². The molecule has 0 spiro atoms. The average molecular weight is 311 g/mol. The summed E-state index contributed by atoms with van der Waals surface area (Å²) in [5.74, 6) is 0.765. The van der Waals surface area contributed by atoms with E-state index < -0.39 is 10.0 Å². The summed E-state index contributed by atoms with van der Waals surface area (Å²) in [6.07, 6.45) is 4.58. The van der Waals surface area contributed by atoms with Gasteiger partial charge in [0.1, 0.15) is 4.90 Å². The van der Waals surface area contributed by atoms with Gasteiger partial charge in [0, 0.05) is 18.8 Å². The van der Waals surface area contributed by atoms with E-state index in [2.05, 4.69) is 16.5 Å². The number of rotatable bonds is 4. The quantitative estimate of drug-likeness (QED) is 0.836. The second kappa shape index (κ2) is 6.23. The monoisotopic (exact) mass is 311 g/mol. The van der Waals surface area contributed by atoms with Crippen molar-refractivity contribution in [2.75, 3.05) is 24.7 Å². The van der Waals surface area contributed by atoms with Crippen molar-refractivity contribution in [2.45, 2.75) is 43.5 Å². The Morgan fingerprint density at radius 2 is 1.86 bits per heavy atom. The van der Waals surface area contributed by atoms with E-state index in [1.807, 2.05) is 7.05 Å². The first-order valence-electron chi connectivity index (χ1n) is 7.41. The Labute approximate surface area is 127 Å². The van der Waals surface area contributed by atoms with E-state index in [0.717, 1.165) is 24.4 Å². The number of hydrogen-bond acceptors (Lipinski definition) is 4. The minimum absolute atomic E-state index is 0.256. The Kier molecular flexibility index (Phi) is 4.78. The average Bonchev–Trinajstić information content (AvgIpc) is 2.47. The predicted octanol–water partition coefficient (Wildman–Crippen LogP) is 2.19. The van der Waals surface area contributed by atoms with E-state index in [0.29, 0.717) is 11.7 Å². The van der Waals surface area contributed by atoms with Gasteiger partial charge in [0.2, 0.25) is 10.0 Å². The third-order valence-corrected chi connectivity index (χ3v) is 5.90. The molecule has 0 aliphatic heterocycles. The number of benzene rings is 1. The number of nitrogens with two attached hydrogens (primary N) is 1. The summed E-state index contributed by atoms with van der Waals surface area (Å²) in [7, 11) is -0.123. The number of nitrogen functional groups attached to an aromatic ring is 1. The summed E-state index contributed by atoms with van der Waals surface area (Å²) in [4.78, 5) is 2.35. The fourth-order valence-corrected chi connectivity index (χ4v) is 3.97. The largest absolute Gasteiger partial charge is 0.399 e. The van der Waals surface area contributed by atoms with Gasteiger partial charge >= 0.3 is 0 Å². The lowest BCUT2D eigenvalue weighted by Crippen LogP contribution is -2.36. The molecule has 1 fully saturated rings. The summed E-state index contributed by atoms with van der Waals surface area (Å²) in [6.45, 7) is 2.27. The Balaban J connectivity index is 2.35. The third kappa shape index (κ3) is 3.49. The highest BCUT2D eigenvalue weighted by molar-refractivity contribution is 7.89. The maximum atomic E-state index is 12.2. The molecule has 0 amide bonds. The van der Waals surface area contributed by atoms with E-state index in [9.17, 15) is 8.42 Å². The van der Waals surface area contributed by atoms with Crippen molar-refractivity contribution in [1.82, 2.24) is 4.72 Å². The third-order valence-electron chi connectivity index (χ3n) is 4.46. The van der Waals surface area contributed by atoms with Gasteiger partial charge < -0.3 is 10.6 Å². The molecule has 1 aromatic carbocycles. The molecule has 2 rings (SSSR count). The van der Waals surface area contributed by atoms with Crippen molar-refractivity contribution in [3.05, 3.63) is 18.2 Å². The van der Waals surface area contributed by atoms with Crippen LogP contribution in [0.5, 0.6) is 0 Å². The van der Waals surface area contributed by atoms with Gasteiger partial charge in [-0.25, -0.2) is 13.1 Å². The molecule has 21 heavy (non-hydrogen) atoms. The molecule has 0 aromatic heterocycles. The topological polar surface area (TPSA) is 75.4 Å². The van der Waals surface area contributed by atoms with Crippen molar-refractivity contribution in [3.63, 3.8) is 0 Å². The van der Waals surface area contributed by atoms with Crippen LogP contribution in [0.3, 0.4) is 0 Å². The van der Waals surface area contributed by atoms with Gasteiger partial charge in [-0.15, -0.1) is 0 Å². The Bertz CT molecular complexity index is 593. The molecule has 0 heterocycles. The summed E-state index contributed by atoms with van der Waals surface area (Å²) in [6, 6.07) is 5.47. The minimum atomic E-state index is -3.52. The van der Waals surface area contributed by atoms with Crippen molar-refractivity contribution in [1.29, 1.82) is 0 Å². The lowest BCUT2D eigenvalue weighted by Gasteiger charge is -2.36. The lowest BCUT2D eigenvalue weighted by atomic mass is 9.86. The van der Waals surface area contributed by atoms with Crippen molar-refractivity contribution < 1.29 is 8.42 Å². The second-order valence-corrected chi connectivity index (χ2v) is 7.81. The van der Waals surface area contributed by atoms with Crippen molar-refractivity contribution in [3.8, 4) is 0 Å². The molecule has 1 aromatic rings. The highest BCUT2D eigenvalue weighted by atomic mass is 32.2. The smallest absolute Gasteiger partial charge is 0.242 e. The fourth-order valence-electron chi connectivity index (χ4n) is 2.97. The minimum Gasteiger partial charge on any atom is -0.399 e. The van der Waals surface area contributed by atoms with Gasteiger partial charge in [-0.3, -0.25) is 0 Å². The second-order valence-electron chi connectivity index (χ2n) is 5.96. The Morgan fingerprint density at radius 3 is 2.43 bits per heavy atom. The molecule has 3 N–H and O–H groups in total. The van der Waals surface area contributed by atoms with Crippen LogP contribution in [0, 0.1) is 5.92 Å². The molecule has 1 aliphatic carbocycles. The molecule has 0 atom stereocenters. The van der Waals surface area contributed by atoms with E-state index in [4.69, 9.17) is 5.73 Å². The Hall–Kier alpha value is -1.27. The van der Waals surface area contributed by atoms with Crippen LogP contribution in [-0.2, 0) is 10.0 Å². The van der Waals surface area contributed by atoms with Crippen molar-refractivity contribution >= 4 is 21.4 Å². The van der Waals surface area contributed by atoms with Crippen LogP contribution in [0.15, 0.2) is 23.1 Å². The molecule has 5 nitrogen and oxygen atoms in total. The van der Waals surface area contributed by atoms with Crippen LogP contribution in [0.25, 0.3) is 0 Å². The zero-order chi connectivity index (χ0) is 15.6. The molecular weight excluding hydrogens is 286 g/mol. The first-order chi connectivity index (χ1) is 9.85. The van der Waals surface area contributed by atoms with E-state index in [1.165, 1.54) is 26.0 Å². The van der Waals surface area contributed by atoms with E-state index >= 15 is 0 Å². The van der Waals surface area contributed by atoms with Gasteiger partial charge in [0.15, 0.2) is 0 Å². The van der Waals surface area contributed by atoms with Gasteiger partial charge in [-0.1, -0.05) is 6.92 Å². The van der Waals surface area contributed by atoms with Crippen LogP contribution < -0.4 is 15.4 Å². The zero-order valence-corrected chi connectivity index (χ0v) is 13.8. The summed E-state index contributed by atoms with van der Waals surface area (Å²) >= 11 is 0. The predicted molar refractivity (Wildman–Crippen MR) is 86.9 cm³/mol. The maximum absolute atomic E-state index is 12.2. The number of sulfonamides is 1. The van der Waals surface area contributed by atoms with Gasteiger partial charge in [0.05, 0.1) is 5.69 Å². The van der Waals surface area contributed by atoms with E-state index in [-0.39, 0.29) is 4.90 Å². The summed E-state index contributed by atoms with van der Waals surface area (Å²) in [5, 5.41) is 0. The number of nitrogens with one attached hydrogen (secondary N) is 1. The van der Waals surface area contributed by atoms with Crippen LogP contribution in [0.2, 0.25) is 0 Å². The molecule has 0 saturated heterocycles. The first kappa shape index (κ1) is 16.1. The van der Waals surface area contributed by atoms with Crippen LogP contribution >= 0.6 is 0 Å². The highest BCUT2D eigenvalue weighted by Gasteiger charge is 2.26. The standard InChI is InChI=1S/C15H25N3O2S/c1-11-4-7-13(8-5-11)18(3)14-9-6-12(16)10-15(14)21(19,20)17-2/h6,9-11,13,17H,4-5,7-8,16H2,1-3H3. The number of hydrogen-bond donors (Lipinski definition) is 2. The maximum Gasteiger partial charge on any atom is 0.242 e. The fraction of sp³-hybridized carbons (Fsp3) is 0.600. The van der Waals surface area contributed by atoms with Crippen molar-refractivity contribution in [2.24, 2.45) is 5.92 Å². The Morgan fingerprint density at radius 1 is 1.24 bits per heavy atom. The molecule has 0 bridgehead atoms. The van der Waals surface area contributed by atoms with E-state index in [1.54, 1.807) is 12.1 Å². The molecule has 1 aliphatic rings. The molecule has 0 unspecified atom stereocenters. The normalized spacial score (nSPS) is 23.0. The van der Waals surface area contributed by atoms with Gasteiger partial charge in [0.25, 0.3) is 0 Å². The van der Waals surface area contributed by atoms with Crippen LogP contribution in [0.4, 0.5) is 11.4 Å². The molecular formula is C15H25N3O2S.